The van der Waals surface area contributed by atoms with Crippen LogP contribution in [0.4, 0.5) is 0 Å². The second kappa shape index (κ2) is 9.03. The highest BCUT2D eigenvalue weighted by Gasteiger charge is 2.08. The van der Waals surface area contributed by atoms with Gasteiger partial charge in [-0.05, 0) is 33.1 Å². The second-order valence-electron chi connectivity index (χ2n) is 6.04. The lowest BCUT2D eigenvalue weighted by Gasteiger charge is -2.18. The maximum Gasteiger partial charge on any atom is 0.191 e. The molecule has 1 unspecified atom stereocenters. The van der Waals surface area contributed by atoms with E-state index in [4.69, 9.17) is 0 Å². The summed E-state index contributed by atoms with van der Waals surface area (Å²) in [4.78, 5) is 10.0. The first kappa shape index (κ1) is 18.0. The average Bonchev–Trinajstić information content (AvgIpc) is 2.72. The van der Waals surface area contributed by atoms with E-state index in [0.29, 0.717) is 6.04 Å². The highest BCUT2D eigenvalue weighted by Crippen LogP contribution is 2.16. The van der Waals surface area contributed by atoms with Crippen molar-refractivity contribution >= 4 is 17.3 Å². The third-order valence-corrected chi connectivity index (χ3v) is 4.51. The molecule has 0 aromatic carbocycles. The minimum atomic E-state index is 0.444. The van der Waals surface area contributed by atoms with Crippen LogP contribution in [-0.4, -0.2) is 24.0 Å². The monoisotopic (exact) mass is 310 g/mol. The maximum absolute atomic E-state index is 4.45. The van der Waals surface area contributed by atoms with E-state index in [2.05, 4.69) is 48.3 Å². The molecular weight excluding hydrogens is 280 g/mol. The van der Waals surface area contributed by atoms with Crippen molar-refractivity contribution in [2.45, 2.75) is 66.5 Å². The predicted molar refractivity (Wildman–Crippen MR) is 93.1 cm³/mol. The minimum absolute atomic E-state index is 0.444. The van der Waals surface area contributed by atoms with Gasteiger partial charge in [0.25, 0.3) is 0 Å². The SMILES string of the molecule is CN=C(NCc1sc(C)nc1C)NC(C)CCCC(C)C. The molecule has 1 atom stereocenters. The van der Waals surface area contributed by atoms with Crippen molar-refractivity contribution < 1.29 is 0 Å². The Labute approximate surface area is 133 Å². The fourth-order valence-electron chi connectivity index (χ4n) is 2.23. The molecule has 0 amide bonds. The van der Waals surface area contributed by atoms with Crippen LogP contribution in [0.15, 0.2) is 4.99 Å². The number of guanidine groups is 1. The Morgan fingerprint density at radius 2 is 1.95 bits per heavy atom. The Kier molecular flexibility index (Phi) is 7.72. The zero-order valence-electron chi connectivity index (χ0n) is 14.3. The number of aliphatic imine (C=N–C) groups is 1. The van der Waals surface area contributed by atoms with Crippen molar-refractivity contribution in [3.63, 3.8) is 0 Å². The number of aryl methyl sites for hydroxylation is 2. The molecule has 1 aromatic heterocycles. The third kappa shape index (κ3) is 6.93. The molecule has 0 aliphatic heterocycles. The van der Waals surface area contributed by atoms with Crippen LogP contribution >= 0.6 is 11.3 Å². The van der Waals surface area contributed by atoms with E-state index in [-0.39, 0.29) is 0 Å². The highest BCUT2D eigenvalue weighted by molar-refractivity contribution is 7.11. The molecule has 21 heavy (non-hydrogen) atoms. The Morgan fingerprint density at radius 1 is 1.24 bits per heavy atom. The standard InChI is InChI=1S/C16H30N4S/c1-11(2)8-7-9-12(3)19-16(17-6)18-10-15-13(4)20-14(5)21-15/h11-12H,7-10H2,1-6H3,(H2,17,18,19). The van der Waals surface area contributed by atoms with Crippen molar-refractivity contribution in [1.82, 2.24) is 15.6 Å². The lowest BCUT2D eigenvalue weighted by atomic mass is 10.0. The van der Waals surface area contributed by atoms with E-state index in [0.717, 1.165) is 29.1 Å². The molecule has 0 bridgehead atoms. The number of nitrogens with one attached hydrogen (secondary N) is 2. The quantitative estimate of drug-likeness (QED) is 0.597. The minimum Gasteiger partial charge on any atom is -0.354 e. The molecule has 0 saturated heterocycles. The Hall–Kier alpha value is -1.10. The van der Waals surface area contributed by atoms with Crippen molar-refractivity contribution in [1.29, 1.82) is 0 Å². The van der Waals surface area contributed by atoms with Gasteiger partial charge in [-0.25, -0.2) is 4.98 Å². The van der Waals surface area contributed by atoms with Crippen LogP contribution in [-0.2, 0) is 6.54 Å². The molecular formula is C16H30N4S. The lowest BCUT2D eigenvalue weighted by molar-refractivity contribution is 0.491. The van der Waals surface area contributed by atoms with Gasteiger partial charge in [-0.3, -0.25) is 4.99 Å². The van der Waals surface area contributed by atoms with Crippen molar-refractivity contribution in [2.75, 3.05) is 7.05 Å². The van der Waals surface area contributed by atoms with Crippen molar-refractivity contribution in [3.8, 4) is 0 Å². The van der Waals surface area contributed by atoms with E-state index >= 15 is 0 Å². The van der Waals surface area contributed by atoms with E-state index in [1.165, 1.54) is 24.1 Å². The van der Waals surface area contributed by atoms with Crippen LogP contribution in [0, 0.1) is 19.8 Å². The van der Waals surface area contributed by atoms with Gasteiger partial charge in [-0.2, -0.15) is 0 Å². The van der Waals surface area contributed by atoms with Gasteiger partial charge in [0.05, 0.1) is 17.2 Å². The van der Waals surface area contributed by atoms with Gasteiger partial charge in [0, 0.05) is 18.0 Å². The van der Waals surface area contributed by atoms with E-state index in [9.17, 15) is 0 Å². The molecule has 1 aromatic rings. The van der Waals surface area contributed by atoms with Crippen LogP contribution in [0.3, 0.4) is 0 Å². The summed E-state index contributed by atoms with van der Waals surface area (Å²) in [5.74, 6) is 1.66. The van der Waals surface area contributed by atoms with E-state index in [1.54, 1.807) is 11.3 Å². The van der Waals surface area contributed by atoms with Crippen molar-refractivity contribution in [2.24, 2.45) is 10.9 Å². The summed E-state index contributed by atoms with van der Waals surface area (Å²) in [5.41, 5.74) is 1.12. The number of aromatic nitrogens is 1. The van der Waals surface area contributed by atoms with Gasteiger partial charge in [0.2, 0.25) is 0 Å². The Balaban J connectivity index is 2.36. The number of nitrogens with zero attached hydrogens (tertiary/aromatic N) is 2. The van der Waals surface area contributed by atoms with Crippen LogP contribution < -0.4 is 10.6 Å². The number of thiazole rings is 1. The van der Waals surface area contributed by atoms with Crippen molar-refractivity contribution in [3.05, 3.63) is 15.6 Å². The summed E-state index contributed by atoms with van der Waals surface area (Å²) < 4.78 is 0. The van der Waals surface area contributed by atoms with Gasteiger partial charge < -0.3 is 10.6 Å². The first-order chi connectivity index (χ1) is 9.92. The molecule has 5 heteroatoms. The molecule has 1 heterocycles. The Bertz CT molecular complexity index is 451. The van der Waals surface area contributed by atoms with E-state index in [1.807, 2.05) is 14.0 Å². The molecule has 0 aliphatic rings. The van der Waals surface area contributed by atoms with Gasteiger partial charge in [0.1, 0.15) is 0 Å². The number of hydrogen-bond donors (Lipinski definition) is 2. The summed E-state index contributed by atoms with van der Waals surface area (Å²) in [6.45, 7) is 11.7. The highest BCUT2D eigenvalue weighted by atomic mass is 32.1. The summed E-state index contributed by atoms with van der Waals surface area (Å²) in [6.07, 6.45) is 3.73. The van der Waals surface area contributed by atoms with Crippen LogP contribution in [0.5, 0.6) is 0 Å². The number of hydrogen-bond acceptors (Lipinski definition) is 3. The maximum atomic E-state index is 4.45. The largest absolute Gasteiger partial charge is 0.354 e. The molecule has 0 radical (unpaired) electrons. The summed E-state index contributed by atoms with van der Waals surface area (Å²) in [7, 11) is 1.82. The van der Waals surface area contributed by atoms with Gasteiger partial charge in [-0.15, -0.1) is 11.3 Å². The average molecular weight is 311 g/mol. The second-order valence-corrected chi connectivity index (χ2v) is 7.33. The summed E-state index contributed by atoms with van der Waals surface area (Å²) in [5, 5.41) is 7.96. The van der Waals surface area contributed by atoms with Gasteiger partial charge in [-0.1, -0.05) is 26.7 Å². The fourth-order valence-corrected chi connectivity index (χ4v) is 3.11. The predicted octanol–water partition coefficient (Wildman–Crippen LogP) is 3.64. The topological polar surface area (TPSA) is 49.3 Å². The van der Waals surface area contributed by atoms with Crippen LogP contribution in [0.1, 0.15) is 55.6 Å². The Morgan fingerprint density at radius 3 is 2.48 bits per heavy atom. The lowest BCUT2D eigenvalue weighted by Crippen LogP contribution is -2.41. The smallest absolute Gasteiger partial charge is 0.191 e. The molecule has 2 N–H and O–H groups in total. The first-order valence-electron chi connectivity index (χ1n) is 7.82. The molecule has 0 saturated carbocycles. The molecule has 1 rings (SSSR count). The molecule has 0 fully saturated rings. The summed E-state index contributed by atoms with van der Waals surface area (Å²) >= 11 is 1.75. The van der Waals surface area contributed by atoms with Gasteiger partial charge in [0.15, 0.2) is 5.96 Å². The van der Waals surface area contributed by atoms with Crippen LogP contribution in [0.2, 0.25) is 0 Å². The summed E-state index contributed by atoms with van der Waals surface area (Å²) in [6, 6.07) is 0.444. The molecule has 120 valence electrons. The number of rotatable bonds is 7. The third-order valence-electron chi connectivity index (χ3n) is 3.44. The van der Waals surface area contributed by atoms with Crippen LogP contribution in [0.25, 0.3) is 0 Å². The fraction of sp³-hybridized carbons (Fsp3) is 0.750. The first-order valence-corrected chi connectivity index (χ1v) is 8.64. The normalized spacial score (nSPS) is 13.6. The zero-order chi connectivity index (χ0) is 15.8. The molecule has 4 nitrogen and oxygen atoms in total. The molecule has 0 aliphatic carbocycles. The molecule has 0 spiro atoms. The zero-order valence-corrected chi connectivity index (χ0v) is 15.1. The van der Waals surface area contributed by atoms with Gasteiger partial charge >= 0.3 is 0 Å². The van der Waals surface area contributed by atoms with E-state index < -0.39 is 0 Å².